The Morgan fingerprint density at radius 3 is 2.53 bits per heavy atom. The van der Waals surface area contributed by atoms with Crippen molar-refractivity contribution in [2.75, 3.05) is 39.3 Å². The molecule has 0 saturated carbocycles. The van der Waals surface area contributed by atoms with Crippen LogP contribution >= 0.6 is 0 Å². The number of hydrogen-bond donors (Lipinski definition) is 0. The van der Waals surface area contributed by atoms with E-state index in [0.29, 0.717) is 56.9 Å². The van der Waals surface area contributed by atoms with Crippen molar-refractivity contribution in [3.05, 3.63) is 65.0 Å². The van der Waals surface area contributed by atoms with Crippen LogP contribution in [0.15, 0.2) is 42.5 Å². The zero-order valence-electron chi connectivity index (χ0n) is 17.7. The first-order valence-electron chi connectivity index (χ1n) is 10.7. The second-order valence-electron chi connectivity index (χ2n) is 7.97. The van der Waals surface area contributed by atoms with Gasteiger partial charge in [-0.25, -0.2) is 9.18 Å². The first kappa shape index (κ1) is 22.0. The molecule has 1 saturated heterocycles. The number of ketones is 1. The van der Waals surface area contributed by atoms with E-state index in [2.05, 4.69) is 4.90 Å². The monoisotopic (exact) mass is 440 g/mol. The number of carbonyl (C=O) groups is 3. The molecule has 32 heavy (non-hydrogen) atoms. The molecular weight excluding hydrogens is 415 g/mol. The van der Waals surface area contributed by atoms with Gasteiger partial charge in [-0.15, -0.1) is 0 Å². The van der Waals surface area contributed by atoms with Gasteiger partial charge >= 0.3 is 12.1 Å². The van der Waals surface area contributed by atoms with Crippen LogP contribution in [0.1, 0.15) is 27.9 Å². The fraction of sp³-hybridized carbons (Fsp3) is 0.375. The molecule has 2 aliphatic heterocycles. The van der Waals surface area contributed by atoms with Crippen LogP contribution in [-0.2, 0) is 22.4 Å². The van der Waals surface area contributed by atoms with Crippen molar-refractivity contribution >= 4 is 17.8 Å². The summed E-state index contributed by atoms with van der Waals surface area (Å²) in [5, 5.41) is 0. The molecule has 0 N–H and O–H groups in total. The third-order valence-electron chi connectivity index (χ3n) is 5.76. The van der Waals surface area contributed by atoms with Gasteiger partial charge in [0, 0.05) is 56.7 Å². The maximum Gasteiger partial charge on any atom is 0.409 e. The van der Waals surface area contributed by atoms with Crippen LogP contribution in [-0.4, -0.2) is 67.0 Å². The zero-order valence-corrected chi connectivity index (χ0v) is 17.7. The Hall–Kier alpha value is -3.26. The maximum atomic E-state index is 12.9. The van der Waals surface area contributed by atoms with Gasteiger partial charge in [0.15, 0.2) is 5.78 Å². The summed E-state index contributed by atoms with van der Waals surface area (Å²) in [5.41, 5.74) is 2.27. The molecule has 0 radical (unpaired) electrons. The third-order valence-corrected chi connectivity index (χ3v) is 5.76. The molecule has 4 rings (SSSR count). The fourth-order valence-corrected chi connectivity index (χ4v) is 3.84. The maximum absolute atomic E-state index is 12.9. The van der Waals surface area contributed by atoms with Crippen LogP contribution in [0.5, 0.6) is 5.75 Å². The molecular formula is C24H25FN2O5. The average molecular weight is 440 g/mol. The van der Waals surface area contributed by atoms with Crippen LogP contribution in [0, 0.1) is 5.82 Å². The first-order chi connectivity index (χ1) is 15.5. The summed E-state index contributed by atoms with van der Waals surface area (Å²) in [7, 11) is 0. The molecule has 2 aliphatic rings. The van der Waals surface area contributed by atoms with Gasteiger partial charge in [0.1, 0.15) is 11.6 Å². The van der Waals surface area contributed by atoms with Gasteiger partial charge in [-0.05, 0) is 23.8 Å². The minimum absolute atomic E-state index is 0.00150. The van der Waals surface area contributed by atoms with Gasteiger partial charge in [0.05, 0.1) is 13.0 Å². The van der Waals surface area contributed by atoms with Crippen LogP contribution < -0.4 is 4.74 Å². The van der Waals surface area contributed by atoms with E-state index < -0.39 is 0 Å². The minimum atomic E-state index is -0.351. The summed E-state index contributed by atoms with van der Waals surface area (Å²) >= 11 is 0. The molecule has 0 aliphatic carbocycles. The van der Waals surface area contributed by atoms with Gasteiger partial charge < -0.3 is 14.4 Å². The van der Waals surface area contributed by atoms with Crippen LogP contribution in [0.25, 0.3) is 0 Å². The SMILES string of the molecule is O=C1Cc2ccc(C(=O)CCN3CCN(C(=O)OCCc4ccc(F)cc4)CC3)cc2O1. The second-order valence-corrected chi connectivity index (χ2v) is 7.97. The number of benzene rings is 2. The number of piperazine rings is 1. The molecule has 0 spiro atoms. The standard InChI is InChI=1S/C24H25FN2O5/c25-20-5-1-17(2-6-20)8-14-31-24(30)27-12-10-26(11-13-27)9-7-21(28)18-3-4-19-16-23(29)32-22(19)15-18/h1-6,15H,7-14,16H2. The van der Waals surface area contributed by atoms with Crippen molar-refractivity contribution in [3.63, 3.8) is 0 Å². The van der Waals surface area contributed by atoms with E-state index in [-0.39, 0.29) is 36.7 Å². The molecule has 1 amide bonds. The number of esters is 1. The Morgan fingerprint density at radius 2 is 1.78 bits per heavy atom. The van der Waals surface area contributed by atoms with Gasteiger partial charge in [-0.1, -0.05) is 24.3 Å². The third kappa shape index (κ3) is 5.50. The molecule has 2 heterocycles. The van der Waals surface area contributed by atoms with Gasteiger partial charge in [-0.2, -0.15) is 0 Å². The lowest BCUT2D eigenvalue weighted by molar-refractivity contribution is -0.131. The van der Waals surface area contributed by atoms with E-state index in [9.17, 15) is 18.8 Å². The number of nitrogens with zero attached hydrogens (tertiary/aromatic N) is 2. The number of Topliss-reactive ketones (excluding diaryl/α,β-unsaturated/α-hetero) is 1. The quantitative estimate of drug-likeness (QED) is 0.374. The van der Waals surface area contributed by atoms with E-state index in [1.165, 1.54) is 12.1 Å². The molecule has 1 fully saturated rings. The lowest BCUT2D eigenvalue weighted by Gasteiger charge is -2.33. The normalized spacial score (nSPS) is 15.9. The summed E-state index contributed by atoms with van der Waals surface area (Å²) < 4.78 is 23.4. The van der Waals surface area contributed by atoms with Gasteiger partial charge in [0.25, 0.3) is 0 Å². The number of fused-ring (bicyclic) bond motifs is 1. The lowest BCUT2D eigenvalue weighted by Crippen LogP contribution is -2.49. The first-order valence-corrected chi connectivity index (χ1v) is 10.7. The molecule has 8 heteroatoms. The van der Waals surface area contributed by atoms with E-state index in [1.807, 2.05) is 0 Å². The largest absolute Gasteiger partial charge is 0.449 e. The van der Waals surface area contributed by atoms with E-state index in [4.69, 9.17) is 9.47 Å². The molecule has 0 atom stereocenters. The fourth-order valence-electron chi connectivity index (χ4n) is 3.84. The lowest BCUT2D eigenvalue weighted by atomic mass is 10.0. The van der Waals surface area contributed by atoms with Crippen molar-refractivity contribution in [3.8, 4) is 5.75 Å². The van der Waals surface area contributed by atoms with Crippen molar-refractivity contribution in [1.29, 1.82) is 0 Å². The summed E-state index contributed by atoms with van der Waals surface area (Å²) in [5.74, 6) is -0.106. The highest BCUT2D eigenvalue weighted by Crippen LogP contribution is 2.27. The summed E-state index contributed by atoms with van der Waals surface area (Å²) in [6.45, 7) is 3.26. The molecule has 7 nitrogen and oxygen atoms in total. The Bertz CT molecular complexity index is 1000. The number of amides is 1. The zero-order chi connectivity index (χ0) is 22.5. The Kier molecular flexibility index (Phi) is 6.80. The number of halogens is 1. The Labute approximate surface area is 185 Å². The van der Waals surface area contributed by atoms with Crippen molar-refractivity contribution in [2.45, 2.75) is 19.3 Å². The number of rotatable bonds is 7. The predicted molar refractivity (Wildman–Crippen MR) is 114 cm³/mol. The summed E-state index contributed by atoms with van der Waals surface area (Å²) in [4.78, 5) is 39.9. The average Bonchev–Trinajstić information content (AvgIpc) is 3.18. The second kappa shape index (κ2) is 9.91. The van der Waals surface area contributed by atoms with Gasteiger partial charge in [0.2, 0.25) is 0 Å². The minimum Gasteiger partial charge on any atom is -0.449 e. The molecule has 168 valence electrons. The molecule has 2 aromatic rings. The van der Waals surface area contributed by atoms with E-state index >= 15 is 0 Å². The Morgan fingerprint density at radius 1 is 1.03 bits per heavy atom. The predicted octanol–water partition coefficient (Wildman–Crippen LogP) is 2.86. The topological polar surface area (TPSA) is 76.2 Å². The molecule has 0 unspecified atom stereocenters. The van der Waals surface area contributed by atoms with E-state index in [1.54, 1.807) is 35.2 Å². The Balaban J connectivity index is 1.16. The molecule has 2 aromatic carbocycles. The number of hydrogen-bond acceptors (Lipinski definition) is 6. The van der Waals surface area contributed by atoms with E-state index in [0.717, 1.165) is 11.1 Å². The van der Waals surface area contributed by atoms with Crippen molar-refractivity contribution in [2.24, 2.45) is 0 Å². The highest BCUT2D eigenvalue weighted by molar-refractivity contribution is 5.97. The summed E-state index contributed by atoms with van der Waals surface area (Å²) in [6, 6.07) is 11.3. The molecule has 0 aromatic heterocycles. The van der Waals surface area contributed by atoms with Crippen molar-refractivity contribution in [1.82, 2.24) is 9.80 Å². The smallest absolute Gasteiger partial charge is 0.409 e. The van der Waals surface area contributed by atoms with Crippen LogP contribution in [0.2, 0.25) is 0 Å². The summed E-state index contributed by atoms with van der Waals surface area (Å²) in [6.07, 6.45) is 0.795. The highest BCUT2D eigenvalue weighted by Gasteiger charge is 2.24. The van der Waals surface area contributed by atoms with Crippen molar-refractivity contribution < 1.29 is 28.2 Å². The highest BCUT2D eigenvalue weighted by atomic mass is 19.1. The number of carbonyl (C=O) groups excluding carboxylic acids is 3. The van der Waals surface area contributed by atoms with Crippen LogP contribution in [0.3, 0.4) is 0 Å². The van der Waals surface area contributed by atoms with Crippen LogP contribution in [0.4, 0.5) is 9.18 Å². The number of ether oxygens (including phenoxy) is 2. The molecule has 0 bridgehead atoms. The van der Waals surface area contributed by atoms with Gasteiger partial charge in [-0.3, -0.25) is 14.5 Å².